The van der Waals surface area contributed by atoms with Crippen molar-refractivity contribution in [2.45, 2.75) is 58.2 Å². The second kappa shape index (κ2) is 11.6. The third kappa shape index (κ3) is 6.74. The highest BCUT2D eigenvalue weighted by Crippen LogP contribution is 2.22. The number of nitrogens with one attached hydrogen (secondary N) is 3. The highest BCUT2D eigenvalue weighted by molar-refractivity contribution is 7.09. The van der Waals surface area contributed by atoms with Crippen molar-refractivity contribution in [2.24, 2.45) is 0 Å². The predicted molar refractivity (Wildman–Crippen MR) is 139 cm³/mol. The quantitative estimate of drug-likeness (QED) is 0.370. The number of hydrogen-bond acceptors (Lipinski definition) is 5. The first-order valence-electron chi connectivity index (χ1n) is 11.7. The van der Waals surface area contributed by atoms with Crippen molar-refractivity contribution in [1.82, 2.24) is 15.6 Å². The molecule has 4 rings (SSSR count). The van der Waals surface area contributed by atoms with E-state index in [1.54, 1.807) is 29.6 Å². The Morgan fingerprint density at radius 1 is 1.03 bits per heavy atom. The lowest BCUT2D eigenvalue weighted by molar-refractivity contribution is 0.0911. The zero-order valence-electron chi connectivity index (χ0n) is 19.8. The number of amides is 3. The molecule has 3 N–H and O–H groups in total. The van der Waals surface area contributed by atoms with Gasteiger partial charge in [0.15, 0.2) is 0 Å². The molecule has 0 unspecified atom stereocenters. The van der Waals surface area contributed by atoms with Crippen LogP contribution in [0.25, 0.3) is 0 Å². The molecule has 0 bridgehead atoms. The van der Waals surface area contributed by atoms with Crippen LogP contribution in [-0.2, 0) is 6.61 Å². The Hall–Kier alpha value is -3.10. The van der Waals surface area contributed by atoms with E-state index in [9.17, 15) is 9.59 Å². The van der Waals surface area contributed by atoms with Crippen molar-refractivity contribution in [2.75, 3.05) is 5.32 Å². The normalized spacial score (nSPS) is 17.5. The third-order valence-electron chi connectivity index (χ3n) is 6.08. The van der Waals surface area contributed by atoms with Gasteiger partial charge in [0.25, 0.3) is 5.91 Å². The topological polar surface area (TPSA) is 92.4 Å². The fraction of sp³-hybridized carbons (Fsp3) is 0.346. The van der Waals surface area contributed by atoms with Crippen LogP contribution in [0.5, 0.6) is 5.75 Å². The first kappa shape index (κ1) is 25.0. The van der Waals surface area contributed by atoms with Gasteiger partial charge in [-0.1, -0.05) is 42.6 Å². The average molecular weight is 513 g/mol. The number of rotatable bonds is 7. The number of aryl methyl sites for hydroxylation is 2. The number of halogens is 1. The minimum Gasteiger partial charge on any atom is -0.486 e. The number of aromatic nitrogens is 1. The van der Waals surface area contributed by atoms with E-state index >= 15 is 0 Å². The molecule has 2 aromatic carbocycles. The van der Waals surface area contributed by atoms with Crippen molar-refractivity contribution >= 4 is 40.6 Å². The van der Waals surface area contributed by atoms with Crippen molar-refractivity contribution in [3.05, 3.63) is 74.7 Å². The maximum atomic E-state index is 12.9. The summed E-state index contributed by atoms with van der Waals surface area (Å²) in [5.74, 6) is 0.443. The molecule has 3 amide bonds. The molecule has 35 heavy (non-hydrogen) atoms. The van der Waals surface area contributed by atoms with Gasteiger partial charge in [0.2, 0.25) is 0 Å². The zero-order chi connectivity index (χ0) is 24.8. The summed E-state index contributed by atoms with van der Waals surface area (Å²) in [6, 6.07) is 12.4. The van der Waals surface area contributed by atoms with E-state index in [4.69, 9.17) is 16.3 Å². The van der Waals surface area contributed by atoms with Gasteiger partial charge < -0.3 is 20.7 Å². The number of ether oxygens (including phenoxy) is 1. The van der Waals surface area contributed by atoms with Gasteiger partial charge in [-0.25, -0.2) is 9.78 Å². The molecule has 0 spiro atoms. The van der Waals surface area contributed by atoms with Crippen LogP contribution in [0.4, 0.5) is 10.5 Å². The smallest absolute Gasteiger partial charge is 0.319 e. The van der Waals surface area contributed by atoms with Crippen LogP contribution in [0.1, 0.15) is 52.3 Å². The summed E-state index contributed by atoms with van der Waals surface area (Å²) in [6.07, 6.45) is 3.61. The average Bonchev–Trinajstić information content (AvgIpc) is 3.32. The van der Waals surface area contributed by atoms with Crippen LogP contribution in [0.15, 0.2) is 47.8 Å². The fourth-order valence-corrected chi connectivity index (χ4v) is 5.02. The lowest BCUT2D eigenvalue weighted by atomic mass is 9.90. The summed E-state index contributed by atoms with van der Waals surface area (Å²) in [5, 5.41) is 12.2. The first-order valence-corrected chi connectivity index (χ1v) is 12.9. The Morgan fingerprint density at radius 2 is 1.69 bits per heavy atom. The maximum Gasteiger partial charge on any atom is 0.319 e. The van der Waals surface area contributed by atoms with Gasteiger partial charge in [0, 0.05) is 22.1 Å². The largest absolute Gasteiger partial charge is 0.486 e. The Bertz CT molecular complexity index is 1160. The second-order valence-corrected chi connectivity index (χ2v) is 10.1. The van der Waals surface area contributed by atoms with Gasteiger partial charge in [-0.2, -0.15) is 0 Å². The van der Waals surface area contributed by atoms with E-state index in [1.165, 1.54) is 11.3 Å². The number of para-hydroxylation sites is 1. The second-order valence-electron chi connectivity index (χ2n) is 8.71. The molecule has 184 valence electrons. The van der Waals surface area contributed by atoms with Crippen LogP contribution in [0, 0.1) is 13.8 Å². The van der Waals surface area contributed by atoms with Gasteiger partial charge >= 0.3 is 6.03 Å². The van der Waals surface area contributed by atoms with Gasteiger partial charge in [0.05, 0.1) is 6.04 Å². The summed E-state index contributed by atoms with van der Waals surface area (Å²) in [5.41, 5.74) is 3.19. The number of anilines is 1. The Balaban J connectivity index is 1.32. The molecular formula is C26H29ClN4O3S. The molecule has 1 fully saturated rings. The minimum absolute atomic E-state index is 0.150. The molecule has 3 aromatic rings. The molecule has 1 aliphatic rings. The van der Waals surface area contributed by atoms with Gasteiger partial charge in [-0.15, -0.1) is 11.3 Å². The van der Waals surface area contributed by atoms with E-state index in [1.807, 2.05) is 32.0 Å². The summed E-state index contributed by atoms with van der Waals surface area (Å²) in [7, 11) is 0. The van der Waals surface area contributed by atoms with E-state index in [2.05, 4.69) is 20.9 Å². The number of nitrogens with zero attached hydrogens (tertiary/aromatic N) is 1. The van der Waals surface area contributed by atoms with Crippen molar-refractivity contribution in [3.8, 4) is 5.75 Å². The molecule has 1 heterocycles. The predicted octanol–water partition coefficient (Wildman–Crippen LogP) is 5.86. The number of urea groups is 1. The molecule has 9 heteroatoms. The number of hydrogen-bond donors (Lipinski definition) is 3. The van der Waals surface area contributed by atoms with Gasteiger partial charge in [0.1, 0.15) is 23.1 Å². The third-order valence-corrected chi connectivity index (χ3v) is 7.15. The summed E-state index contributed by atoms with van der Waals surface area (Å²) >= 11 is 7.27. The van der Waals surface area contributed by atoms with Gasteiger partial charge in [-0.3, -0.25) is 4.79 Å². The van der Waals surface area contributed by atoms with Crippen molar-refractivity contribution < 1.29 is 14.3 Å². The number of thiazole rings is 1. The van der Waals surface area contributed by atoms with E-state index < -0.39 is 0 Å². The monoisotopic (exact) mass is 512 g/mol. The number of carbonyl (C=O) groups excluding carboxylic acids is 2. The molecule has 2 atom stereocenters. The van der Waals surface area contributed by atoms with Crippen LogP contribution < -0.4 is 20.7 Å². The highest BCUT2D eigenvalue weighted by atomic mass is 35.5. The SMILES string of the molecule is Cc1cccc(C)c1NC(=O)N[C@@H]1CCCC[C@@H]1NC(=O)c1csc(COc2ccc(Cl)cc2)n1. The number of benzene rings is 2. The van der Waals surface area contributed by atoms with Gasteiger partial charge in [-0.05, 0) is 62.1 Å². The van der Waals surface area contributed by atoms with Crippen LogP contribution in [-0.4, -0.2) is 29.0 Å². The molecule has 7 nitrogen and oxygen atoms in total. The van der Waals surface area contributed by atoms with E-state index in [0.717, 1.165) is 42.5 Å². The zero-order valence-corrected chi connectivity index (χ0v) is 21.3. The molecule has 0 saturated heterocycles. The lowest BCUT2D eigenvalue weighted by Crippen LogP contribution is -2.54. The maximum absolute atomic E-state index is 12.9. The molecule has 0 radical (unpaired) electrons. The van der Waals surface area contributed by atoms with Crippen molar-refractivity contribution in [1.29, 1.82) is 0 Å². The van der Waals surface area contributed by atoms with Crippen molar-refractivity contribution in [3.63, 3.8) is 0 Å². The first-order chi connectivity index (χ1) is 16.9. The van der Waals surface area contributed by atoms with Crippen LogP contribution in [0.2, 0.25) is 5.02 Å². The molecule has 0 aliphatic heterocycles. The fourth-order valence-electron chi connectivity index (χ4n) is 4.21. The summed E-state index contributed by atoms with van der Waals surface area (Å²) in [6.45, 7) is 4.20. The Kier molecular flexibility index (Phi) is 8.25. The minimum atomic E-state index is -0.260. The number of carbonyl (C=O) groups is 2. The Labute approximate surface area is 214 Å². The van der Waals surface area contributed by atoms with E-state index in [0.29, 0.717) is 21.5 Å². The summed E-state index contributed by atoms with van der Waals surface area (Å²) in [4.78, 5) is 30.1. The molecule has 1 aliphatic carbocycles. The highest BCUT2D eigenvalue weighted by Gasteiger charge is 2.29. The summed E-state index contributed by atoms with van der Waals surface area (Å²) < 4.78 is 5.72. The van der Waals surface area contributed by atoms with Crippen LogP contribution in [0.3, 0.4) is 0 Å². The lowest BCUT2D eigenvalue weighted by Gasteiger charge is -2.32. The van der Waals surface area contributed by atoms with Crippen LogP contribution >= 0.6 is 22.9 Å². The molecule has 1 aromatic heterocycles. The Morgan fingerprint density at radius 3 is 2.37 bits per heavy atom. The van der Waals surface area contributed by atoms with E-state index in [-0.39, 0.29) is 30.6 Å². The molecule has 1 saturated carbocycles. The molecular weight excluding hydrogens is 484 g/mol. The standard InChI is InChI=1S/C26H29ClN4O3S/c1-16-6-5-7-17(2)24(16)31-26(33)30-21-9-4-3-8-20(21)29-25(32)22-15-35-23(28-22)14-34-19-12-10-18(27)11-13-19/h5-7,10-13,15,20-21H,3-4,8-9,14H2,1-2H3,(H,29,32)(H2,30,31,33)/t20-,21+/m0/s1.